The summed E-state index contributed by atoms with van der Waals surface area (Å²) in [6.07, 6.45) is 1.16. The number of aryl methyl sites for hydroxylation is 1. The average molecular weight is 326 g/mol. The Hall–Kier alpha value is -2.01. The summed E-state index contributed by atoms with van der Waals surface area (Å²) in [5, 5.41) is 0.238. The number of anilines is 1. The number of hydrogen-bond acceptors (Lipinski definition) is 1. The summed E-state index contributed by atoms with van der Waals surface area (Å²) in [5.74, 6) is -3.75. The van der Waals surface area contributed by atoms with Gasteiger partial charge < -0.3 is 4.90 Å². The predicted octanol–water partition coefficient (Wildman–Crippen LogP) is 4.35. The largest absolute Gasteiger partial charge is 0.305 e. The number of benzene rings is 2. The Labute approximate surface area is 130 Å². The first-order valence-corrected chi connectivity index (χ1v) is 7.10. The molecule has 6 heteroatoms. The van der Waals surface area contributed by atoms with Crippen molar-refractivity contribution in [1.82, 2.24) is 0 Å². The lowest BCUT2D eigenvalue weighted by atomic mass is 10.00. The maximum atomic E-state index is 14.2. The molecule has 1 aliphatic heterocycles. The number of fused-ring (bicyclic) bond motifs is 1. The van der Waals surface area contributed by atoms with Crippen LogP contribution in [0.3, 0.4) is 0 Å². The lowest BCUT2D eigenvalue weighted by Crippen LogP contribution is -2.37. The first kappa shape index (κ1) is 14.9. The Bertz CT molecular complexity index is 763. The molecule has 1 amide bonds. The lowest BCUT2D eigenvalue weighted by Gasteiger charge is -2.30. The normalized spacial score (nSPS) is 13.9. The zero-order chi connectivity index (χ0) is 15.9. The Morgan fingerprint density at radius 2 is 1.91 bits per heavy atom. The number of rotatable bonds is 1. The van der Waals surface area contributed by atoms with Crippen LogP contribution in [0.15, 0.2) is 30.3 Å². The topological polar surface area (TPSA) is 20.3 Å². The van der Waals surface area contributed by atoms with Gasteiger partial charge in [0.15, 0.2) is 11.6 Å². The molecular weight excluding hydrogens is 315 g/mol. The van der Waals surface area contributed by atoms with Gasteiger partial charge in [0.2, 0.25) is 0 Å². The quantitative estimate of drug-likeness (QED) is 0.763. The Balaban J connectivity index is 2.08. The molecule has 2 nitrogen and oxygen atoms in total. The number of amides is 1. The highest BCUT2D eigenvalue weighted by Gasteiger charge is 2.29. The summed E-state index contributed by atoms with van der Waals surface area (Å²) in [7, 11) is 0. The standard InChI is InChI=1S/C16H11ClF3NO/c17-10-7-9-3-2-6-21(15(9)13(19)8-10)16(22)11-4-1-5-12(18)14(11)20/h1,4-5,7-8H,2-3,6H2. The minimum atomic E-state index is -1.23. The summed E-state index contributed by atoms with van der Waals surface area (Å²) >= 11 is 5.82. The molecule has 0 saturated heterocycles. The van der Waals surface area contributed by atoms with Gasteiger partial charge in [-0.25, -0.2) is 13.2 Å². The van der Waals surface area contributed by atoms with Crippen molar-refractivity contribution in [3.63, 3.8) is 0 Å². The van der Waals surface area contributed by atoms with Crippen molar-refractivity contribution >= 4 is 23.2 Å². The fourth-order valence-electron chi connectivity index (χ4n) is 2.67. The van der Waals surface area contributed by atoms with E-state index in [1.807, 2.05) is 0 Å². The molecule has 0 radical (unpaired) electrons. The Morgan fingerprint density at radius 3 is 2.68 bits per heavy atom. The lowest BCUT2D eigenvalue weighted by molar-refractivity contribution is 0.0979. The van der Waals surface area contributed by atoms with Gasteiger partial charge in [-0.05, 0) is 42.7 Å². The molecule has 0 unspecified atom stereocenters. The van der Waals surface area contributed by atoms with Gasteiger partial charge in [0.25, 0.3) is 5.91 Å². The summed E-state index contributed by atoms with van der Waals surface area (Å²) in [5.41, 5.74) is 0.257. The second-order valence-corrected chi connectivity index (χ2v) is 5.49. The Kier molecular flexibility index (Phi) is 3.83. The molecule has 2 aromatic rings. The summed E-state index contributed by atoms with van der Waals surface area (Å²) < 4.78 is 41.3. The summed E-state index contributed by atoms with van der Waals surface area (Å²) in [6, 6.07) is 6.05. The third kappa shape index (κ3) is 2.46. The third-order valence-corrected chi connectivity index (χ3v) is 3.85. The molecule has 22 heavy (non-hydrogen) atoms. The first-order chi connectivity index (χ1) is 10.5. The molecule has 0 saturated carbocycles. The van der Waals surface area contributed by atoms with E-state index in [9.17, 15) is 18.0 Å². The smallest absolute Gasteiger partial charge is 0.261 e. The summed E-state index contributed by atoms with van der Waals surface area (Å²) in [6.45, 7) is 0.236. The Morgan fingerprint density at radius 1 is 1.14 bits per heavy atom. The molecule has 0 spiro atoms. The molecule has 1 heterocycles. The van der Waals surface area contributed by atoms with Crippen molar-refractivity contribution in [1.29, 1.82) is 0 Å². The predicted molar refractivity (Wildman–Crippen MR) is 77.8 cm³/mol. The van der Waals surface area contributed by atoms with Crippen molar-refractivity contribution in [3.8, 4) is 0 Å². The van der Waals surface area contributed by atoms with Crippen LogP contribution >= 0.6 is 11.6 Å². The van der Waals surface area contributed by atoms with E-state index in [0.29, 0.717) is 18.4 Å². The fourth-order valence-corrected chi connectivity index (χ4v) is 2.90. The van der Waals surface area contributed by atoms with Gasteiger partial charge in [-0.2, -0.15) is 0 Å². The molecule has 3 rings (SSSR count). The molecule has 2 aromatic carbocycles. The van der Waals surface area contributed by atoms with E-state index >= 15 is 0 Å². The van der Waals surface area contributed by atoms with Crippen LogP contribution in [-0.2, 0) is 6.42 Å². The van der Waals surface area contributed by atoms with Gasteiger partial charge in [-0.1, -0.05) is 17.7 Å². The first-order valence-electron chi connectivity index (χ1n) is 6.73. The molecular formula is C16H11ClF3NO. The second kappa shape index (κ2) is 5.65. The van der Waals surface area contributed by atoms with E-state index in [4.69, 9.17) is 11.6 Å². The third-order valence-electron chi connectivity index (χ3n) is 3.63. The number of nitrogens with zero attached hydrogens (tertiary/aromatic N) is 1. The van der Waals surface area contributed by atoms with Gasteiger partial charge in [0.1, 0.15) is 5.82 Å². The summed E-state index contributed by atoms with van der Waals surface area (Å²) in [4.78, 5) is 13.6. The molecule has 0 aromatic heterocycles. The molecule has 0 aliphatic carbocycles. The highest BCUT2D eigenvalue weighted by Crippen LogP contribution is 2.34. The molecule has 0 bridgehead atoms. The van der Waals surface area contributed by atoms with E-state index in [0.717, 1.165) is 17.0 Å². The second-order valence-electron chi connectivity index (χ2n) is 5.06. The average Bonchev–Trinajstić information content (AvgIpc) is 2.48. The van der Waals surface area contributed by atoms with E-state index in [1.54, 1.807) is 6.07 Å². The number of carbonyl (C=O) groups excluding carboxylic acids is 1. The van der Waals surface area contributed by atoms with Crippen LogP contribution in [0.4, 0.5) is 18.9 Å². The van der Waals surface area contributed by atoms with Crippen molar-refractivity contribution in [2.75, 3.05) is 11.4 Å². The minimum Gasteiger partial charge on any atom is -0.305 e. The fraction of sp³-hybridized carbons (Fsp3) is 0.188. The zero-order valence-corrected chi connectivity index (χ0v) is 12.1. The maximum Gasteiger partial charge on any atom is 0.261 e. The van der Waals surface area contributed by atoms with Crippen molar-refractivity contribution in [2.45, 2.75) is 12.8 Å². The zero-order valence-electron chi connectivity index (χ0n) is 11.4. The van der Waals surface area contributed by atoms with Crippen molar-refractivity contribution < 1.29 is 18.0 Å². The van der Waals surface area contributed by atoms with Crippen molar-refractivity contribution in [2.24, 2.45) is 0 Å². The highest BCUT2D eigenvalue weighted by molar-refractivity contribution is 6.30. The van der Waals surface area contributed by atoms with Crippen LogP contribution in [0.25, 0.3) is 0 Å². The van der Waals surface area contributed by atoms with E-state index < -0.39 is 28.9 Å². The van der Waals surface area contributed by atoms with Crippen molar-refractivity contribution in [3.05, 3.63) is 63.9 Å². The molecule has 1 aliphatic rings. The molecule has 114 valence electrons. The van der Waals surface area contributed by atoms with Gasteiger partial charge in [0, 0.05) is 11.6 Å². The number of carbonyl (C=O) groups is 1. The van der Waals surface area contributed by atoms with E-state index in [-0.39, 0.29) is 17.3 Å². The van der Waals surface area contributed by atoms with Crippen LogP contribution < -0.4 is 4.90 Å². The molecule has 0 atom stereocenters. The van der Waals surface area contributed by atoms with Crippen LogP contribution in [0.2, 0.25) is 5.02 Å². The van der Waals surface area contributed by atoms with Gasteiger partial charge in [0.05, 0.1) is 11.3 Å². The van der Waals surface area contributed by atoms with Crippen LogP contribution in [0.1, 0.15) is 22.3 Å². The van der Waals surface area contributed by atoms with Crippen LogP contribution in [-0.4, -0.2) is 12.5 Å². The van der Waals surface area contributed by atoms with Gasteiger partial charge in [-0.3, -0.25) is 4.79 Å². The van der Waals surface area contributed by atoms with Gasteiger partial charge in [-0.15, -0.1) is 0 Å². The molecule has 0 fully saturated rings. The highest BCUT2D eigenvalue weighted by atomic mass is 35.5. The molecule has 0 N–H and O–H groups in total. The number of halogens is 4. The SMILES string of the molecule is O=C(c1cccc(F)c1F)N1CCCc2cc(Cl)cc(F)c21. The number of hydrogen-bond donors (Lipinski definition) is 0. The van der Waals surface area contributed by atoms with Crippen LogP contribution in [0, 0.1) is 17.5 Å². The van der Waals surface area contributed by atoms with Gasteiger partial charge >= 0.3 is 0 Å². The maximum absolute atomic E-state index is 14.2. The van der Waals surface area contributed by atoms with Crippen LogP contribution in [0.5, 0.6) is 0 Å². The van der Waals surface area contributed by atoms with E-state index in [1.165, 1.54) is 12.1 Å². The minimum absolute atomic E-state index is 0.0873. The van der Waals surface area contributed by atoms with E-state index in [2.05, 4.69) is 0 Å². The monoisotopic (exact) mass is 325 g/mol.